The fraction of sp³-hybridized carbons (Fsp3) is 0.455. The van der Waals surface area contributed by atoms with E-state index in [2.05, 4.69) is 0 Å². The molecule has 1 aromatic carbocycles. The Hall–Kier alpha value is -0.940. The molecule has 4 nitrogen and oxygen atoms in total. The second-order valence-corrected chi connectivity index (χ2v) is 7.10. The summed E-state index contributed by atoms with van der Waals surface area (Å²) in [4.78, 5) is -0.0573. The number of benzene rings is 1. The first-order valence-electron chi connectivity index (χ1n) is 5.08. The predicted molar refractivity (Wildman–Crippen MR) is 64.4 cm³/mol. The van der Waals surface area contributed by atoms with Gasteiger partial charge < -0.3 is 9.47 Å². The molecule has 0 amide bonds. The summed E-state index contributed by atoms with van der Waals surface area (Å²) in [6, 6.07) is 3.16. The first-order valence-corrected chi connectivity index (χ1v) is 7.39. The number of hydrogen-bond acceptors (Lipinski definition) is 4. The van der Waals surface area contributed by atoms with Crippen LogP contribution < -0.4 is 9.47 Å². The van der Waals surface area contributed by atoms with Gasteiger partial charge in [0.2, 0.25) is 0 Å². The molecule has 0 radical (unpaired) electrons. The molecule has 0 unspecified atom stereocenters. The average molecular weight is 277 g/mol. The maximum Gasteiger partial charge on any atom is 0.265 e. The first-order chi connectivity index (χ1) is 7.74. The SMILES string of the molecule is COc1c(S(=O)(=O)Cl)ccc2c1OC(C)(C)C2. The van der Waals surface area contributed by atoms with Crippen LogP contribution in [0.1, 0.15) is 19.4 Å². The van der Waals surface area contributed by atoms with E-state index in [-0.39, 0.29) is 16.2 Å². The average Bonchev–Trinajstić information content (AvgIpc) is 2.48. The zero-order valence-corrected chi connectivity index (χ0v) is 11.4. The molecule has 0 saturated heterocycles. The van der Waals surface area contributed by atoms with Crippen LogP contribution in [0.3, 0.4) is 0 Å². The summed E-state index contributed by atoms with van der Waals surface area (Å²) >= 11 is 0. The minimum Gasteiger partial charge on any atom is -0.492 e. The lowest BCUT2D eigenvalue weighted by atomic mass is 10.0. The quantitative estimate of drug-likeness (QED) is 0.778. The zero-order chi connectivity index (χ0) is 12.8. The highest BCUT2D eigenvalue weighted by Crippen LogP contribution is 2.45. The topological polar surface area (TPSA) is 52.6 Å². The molecule has 0 spiro atoms. The molecule has 0 N–H and O–H groups in total. The van der Waals surface area contributed by atoms with Crippen LogP contribution in [-0.4, -0.2) is 21.1 Å². The molecule has 0 saturated carbocycles. The summed E-state index contributed by atoms with van der Waals surface area (Å²) < 4.78 is 33.6. The van der Waals surface area contributed by atoms with Crippen LogP contribution >= 0.6 is 10.7 Å². The van der Waals surface area contributed by atoms with Crippen LogP contribution in [0.25, 0.3) is 0 Å². The van der Waals surface area contributed by atoms with Crippen molar-refractivity contribution in [1.82, 2.24) is 0 Å². The van der Waals surface area contributed by atoms with Gasteiger partial charge in [-0.3, -0.25) is 0 Å². The molecule has 1 aliphatic heterocycles. The number of halogens is 1. The number of fused-ring (bicyclic) bond motifs is 1. The van der Waals surface area contributed by atoms with Crippen LogP contribution in [0.5, 0.6) is 11.5 Å². The van der Waals surface area contributed by atoms with Gasteiger partial charge >= 0.3 is 0 Å². The lowest BCUT2D eigenvalue weighted by Gasteiger charge is -2.18. The highest BCUT2D eigenvalue weighted by atomic mass is 35.7. The Bertz CT molecular complexity index is 563. The lowest BCUT2D eigenvalue weighted by Crippen LogP contribution is -2.24. The second-order valence-electron chi connectivity index (χ2n) is 4.56. The number of methoxy groups -OCH3 is 1. The third-order valence-electron chi connectivity index (χ3n) is 2.62. The van der Waals surface area contributed by atoms with E-state index in [4.69, 9.17) is 20.2 Å². The van der Waals surface area contributed by atoms with Crippen molar-refractivity contribution in [3.63, 3.8) is 0 Å². The monoisotopic (exact) mass is 276 g/mol. The van der Waals surface area contributed by atoms with E-state index in [9.17, 15) is 8.42 Å². The number of rotatable bonds is 2. The van der Waals surface area contributed by atoms with Gasteiger partial charge in [-0.2, -0.15) is 0 Å². The minimum absolute atomic E-state index is 0.0573. The molecule has 0 aromatic heterocycles. The number of hydrogen-bond donors (Lipinski definition) is 0. The van der Waals surface area contributed by atoms with E-state index in [1.807, 2.05) is 13.8 Å². The van der Waals surface area contributed by atoms with Gasteiger partial charge in [0.15, 0.2) is 11.5 Å². The predicted octanol–water partition coefficient (Wildman–Crippen LogP) is 2.34. The molecule has 1 heterocycles. The summed E-state index contributed by atoms with van der Waals surface area (Å²) in [7, 11) is 2.91. The Labute approximate surface area is 105 Å². The van der Waals surface area contributed by atoms with Crippen LogP contribution in [-0.2, 0) is 15.5 Å². The zero-order valence-electron chi connectivity index (χ0n) is 9.78. The van der Waals surface area contributed by atoms with E-state index >= 15 is 0 Å². The van der Waals surface area contributed by atoms with Crippen LogP contribution in [0, 0.1) is 0 Å². The van der Waals surface area contributed by atoms with Crippen molar-refractivity contribution < 1.29 is 17.9 Å². The van der Waals surface area contributed by atoms with Crippen molar-refractivity contribution in [3.8, 4) is 11.5 Å². The van der Waals surface area contributed by atoms with Crippen LogP contribution in [0.4, 0.5) is 0 Å². The van der Waals surface area contributed by atoms with Gasteiger partial charge in [0.05, 0.1) is 7.11 Å². The molecular weight excluding hydrogens is 264 g/mol. The van der Waals surface area contributed by atoms with Gasteiger partial charge in [-0.1, -0.05) is 6.07 Å². The van der Waals surface area contributed by atoms with Gasteiger partial charge in [0, 0.05) is 22.7 Å². The Morgan fingerprint density at radius 1 is 1.41 bits per heavy atom. The second kappa shape index (κ2) is 3.78. The molecule has 0 aliphatic carbocycles. The Morgan fingerprint density at radius 3 is 2.59 bits per heavy atom. The van der Waals surface area contributed by atoms with Crippen molar-refractivity contribution in [2.75, 3.05) is 7.11 Å². The van der Waals surface area contributed by atoms with E-state index < -0.39 is 9.05 Å². The Balaban J connectivity index is 2.65. The molecule has 1 aliphatic rings. The van der Waals surface area contributed by atoms with Crippen molar-refractivity contribution in [2.24, 2.45) is 0 Å². The molecule has 6 heteroatoms. The highest BCUT2D eigenvalue weighted by Gasteiger charge is 2.35. The third kappa shape index (κ3) is 2.21. The lowest BCUT2D eigenvalue weighted by molar-refractivity contribution is 0.133. The maximum atomic E-state index is 11.4. The minimum atomic E-state index is -3.84. The summed E-state index contributed by atoms with van der Waals surface area (Å²) in [5, 5.41) is 0. The van der Waals surface area contributed by atoms with E-state index in [1.54, 1.807) is 6.07 Å². The first kappa shape index (κ1) is 12.5. The Morgan fingerprint density at radius 2 is 2.06 bits per heavy atom. The smallest absolute Gasteiger partial charge is 0.265 e. The molecule has 1 aromatic rings. The number of ether oxygens (including phenoxy) is 2. The summed E-state index contributed by atoms with van der Waals surface area (Å²) in [6.45, 7) is 3.86. The maximum absolute atomic E-state index is 11.4. The van der Waals surface area contributed by atoms with Crippen LogP contribution in [0.15, 0.2) is 17.0 Å². The molecule has 0 fully saturated rings. The third-order valence-corrected chi connectivity index (χ3v) is 3.96. The largest absolute Gasteiger partial charge is 0.492 e. The molecular formula is C11H13ClO4S. The highest BCUT2D eigenvalue weighted by molar-refractivity contribution is 8.13. The van der Waals surface area contributed by atoms with E-state index in [0.717, 1.165) is 5.56 Å². The normalized spacial score (nSPS) is 17.4. The van der Waals surface area contributed by atoms with Crippen molar-refractivity contribution in [3.05, 3.63) is 17.7 Å². The fourth-order valence-electron chi connectivity index (χ4n) is 1.99. The molecule has 94 valence electrons. The van der Waals surface area contributed by atoms with Crippen LogP contribution in [0.2, 0.25) is 0 Å². The van der Waals surface area contributed by atoms with Crippen molar-refractivity contribution >= 4 is 19.7 Å². The fourth-order valence-corrected chi connectivity index (χ4v) is 2.99. The molecule has 0 bridgehead atoms. The summed E-state index contributed by atoms with van der Waals surface area (Å²) in [6.07, 6.45) is 0.710. The summed E-state index contributed by atoms with van der Waals surface area (Å²) in [5.41, 5.74) is 0.570. The molecule has 0 atom stereocenters. The Kier molecular flexibility index (Phi) is 2.78. The van der Waals surface area contributed by atoms with E-state index in [1.165, 1.54) is 13.2 Å². The van der Waals surface area contributed by atoms with Crippen molar-refractivity contribution in [2.45, 2.75) is 30.8 Å². The molecule has 2 rings (SSSR count). The summed E-state index contributed by atoms with van der Waals surface area (Å²) in [5.74, 6) is 0.655. The van der Waals surface area contributed by atoms with Gasteiger partial charge in [-0.15, -0.1) is 0 Å². The van der Waals surface area contributed by atoms with Gasteiger partial charge in [-0.25, -0.2) is 8.42 Å². The standard InChI is InChI=1S/C11H13ClO4S/c1-11(2)6-7-4-5-8(17(12,13)14)10(15-3)9(7)16-11/h4-5H,6H2,1-3H3. The molecule has 17 heavy (non-hydrogen) atoms. The van der Waals surface area contributed by atoms with Gasteiger partial charge in [-0.05, 0) is 19.9 Å². The van der Waals surface area contributed by atoms with E-state index in [0.29, 0.717) is 12.2 Å². The van der Waals surface area contributed by atoms with Gasteiger partial charge in [0.25, 0.3) is 9.05 Å². The van der Waals surface area contributed by atoms with Gasteiger partial charge in [0.1, 0.15) is 10.5 Å². The van der Waals surface area contributed by atoms with Crippen molar-refractivity contribution in [1.29, 1.82) is 0 Å².